The van der Waals surface area contributed by atoms with E-state index in [1.54, 1.807) is 0 Å². The highest BCUT2D eigenvalue weighted by Crippen LogP contribution is 2.60. The van der Waals surface area contributed by atoms with Crippen molar-refractivity contribution in [3.63, 3.8) is 0 Å². The Balaban J connectivity index is 1.05. The van der Waals surface area contributed by atoms with Gasteiger partial charge in [0.1, 0.15) is 0 Å². The topological polar surface area (TPSA) is 0 Å². The fourth-order valence-corrected chi connectivity index (χ4v) is 14.2. The second-order valence-electron chi connectivity index (χ2n) is 20.6. The molecule has 0 heterocycles. The Kier molecular flexibility index (Phi) is 7.43. The van der Waals surface area contributed by atoms with Crippen LogP contribution in [0.1, 0.15) is 11.1 Å². The normalized spacial score (nSPS) is 12.6. The first-order chi connectivity index (χ1) is 35.6. The van der Waals surface area contributed by atoms with Crippen LogP contribution in [0.15, 0.2) is 218 Å². The molecule has 0 unspecified atom stereocenters. The van der Waals surface area contributed by atoms with Gasteiger partial charge in [-0.3, -0.25) is 0 Å². The molecule has 17 rings (SSSR count). The van der Waals surface area contributed by atoms with Crippen LogP contribution in [0.25, 0.3) is 174 Å². The molecule has 1 aliphatic rings. The molecule has 16 aromatic rings. The van der Waals surface area contributed by atoms with Crippen molar-refractivity contribution in [3.05, 3.63) is 230 Å². The lowest BCUT2D eigenvalue weighted by Crippen LogP contribution is -1.92. The number of hydrogen-bond donors (Lipinski definition) is 0. The van der Waals surface area contributed by atoms with Crippen LogP contribution in [0, 0.1) is 13.8 Å². The fraction of sp³-hybridized carbons (Fsp3) is 0.0278. The molecule has 0 radical (unpaired) electrons. The summed E-state index contributed by atoms with van der Waals surface area (Å²) in [5.41, 5.74) is 18.2. The average molecular weight is 907 g/mol. The molecule has 0 bridgehead atoms. The summed E-state index contributed by atoms with van der Waals surface area (Å²) in [6, 6.07) is 83.3. The van der Waals surface area contributed by atoms with Gasteiger partial charge in [0.2, 0.25) is 0 Å². The van der Waals surface area contributed by atoms with Crippen LogP contribution in [0.4, 0.5) is 0 Å². The van der Waals surface area contributed by atoms with E-state index in [2.05, 4.69) is 232 Å². The van der Waals surface area contributed by atoms with Gasteiger partial charge in [-0.05, 0) is 212 Å². The zero-order valence-electron chi connectivity index (χ0n) is 39.8. The number of hydrogen-bond acceptors (Lipinski definition) is 0. The lowest BCUT2D eigenvalue weighted by Gasteiger charge is -2.19. The standard InChI is InChI=1S/C72H42/c1-39-15-9-11-23-44(39)63-60-37-58-48-25-13-21-43-22-14-26-49(62(43)48)59(58)38-61(60)64(45-24-12-10-16-40(45)2)72-57-36-32-53-51-30-34-55-66-47(42-19-7-4-8-20-42)28-27-46(41-17-5-3-6-18-41)65(66)54-33-29-50(67(51)69(54)55)52-31-35-56(71(63)72)70(57)68(52)53/h3-38H,1-2H3. The summed E-state index contributed by atoms with van der Waals surface area (Å²) in [4.78, 5) is 0. The third-order valence-corrected chi connectivity index (χ3v) is 17.1. The summed E-state index contributed by atoms with van der Waals surface area (Å²) in [5, 5.41) is 26.6. The molecular weight excluding hydrogens is 865 g/mol. The van der Waals surface area contributed by atoms with E-state index < -0.39 is 0 Å². The van der Waals surface area contributed by atoms with Crippen LogP contribution in [0.5, 0.6) is 0 Å². The van der Waals surface area contributed by atoms with Crippen LogP contribution in [0.2, 0.25) is 0 Å². The lowest BCUT2D eigenvalue weighted by atomic mass is 9.84. The molecule has 330 valence electrons. The Morgan fingerprint density at radius 2 is 0.569 bits per heavy atom. The van der Waals surface area contributed by atoms with Crippen molar-refractivity contribution in [3.8, 4) is 66.8 Å². The molecule has 0 heteroatoms. The monoisotopic (exact) mass is 906 g/mol. The molecule has 16 aromatic carbocycles. The summed E-state index contributed by atoms with van der Waals surface area (Å²) in [6.07, 6.45) is 0. The van der Waals surface area contributed by atoms with Crippen LogP contribution in [0.3, 0.4) is 0 Å². The molecule has 1 aliphatic carbocycles. The van der Waals surface area contributed by atoms with Gasteiger partial charge in [0.05, 0.1) is 0 Å². The molecule has 0 atom stereocenters. The summed E-state index contributed by atoms with van der Waals surface area (Å²) >= 11 is 0. The first kappa shape index (κ1) is 38.7. The lowest BCUT2D eigenvalue weighted by molar-refractivity contribution is 1.47. The van der Waals surface area contributed by atoms with E-state index in [-0.39, 0.29) is 0 Å². The Bertz CT molecular complexity index is 4710. The minimum Gasteiger partial charge on any atom is -0.0622 e. The third kappa shape index (κ3) is 4.78. The number of fused-ring (bicyclic) bond motifs is 12. The molecule has 0 N–H and O–H groups in total. The van der Waals surface area contributed by atoms with Crippen molar-refractivity contribution in [2.75, 3.05) is 0 Å². The molecule has 0 fully saturated rings. The Morgan fingerprint density at radius 3 is 1.04 bits per heavy atom. The molecule has 0 aromatic heterocycles. The van der Waals surface area contributed by atoms with E-state index in [4.69, 9.17) is 0 Å². The smallest absolute Gasteiger partial charge is 0.000730 e. The first-order valence-electron chi connectivity index (χ1n) is 25.4. The van der Waals surface area contributed by atoms with E-state index in [0.717, 1.165) is 0 Å². The largest absolute Gasteiger partial charge is 0.0622 e. The molecule has 0 aliphatic heterocycles. The Labute approximate surface area is 415 Å². The van der Waals surface area contributed by atoms with E-state index in [1.165, 1.54) is 186 Å². The van der Waals surface area contributed by atoms with E-state index in [1.807, 2.05) is 0 Å². The van der Waals surface area contributed by atoms with Crippen LogP contribution >= 0.6 is 0 Å². The highest BCUT2D eigenvalue weighted by Gasteiger charge is 2.32. The van der Waals surface area contributed by atoms with Gasteiger partial charge in [0.15, 0.2) is 0 Å². The predicted octanol–water partition coefficient (Wildman–Crippen LogP) is 20.5. The van der Waals surface area contributed by atoms with Gasteiger partial charge >= 0.3 is 0 Å². The molecule has 0 spiro atoms. The Morgan fingerprint density at radius 1 is 0.194 bits per heavy atom. The van der Waals surface area contributed by atoms with Crippen molar-refractivity contribution in [1.29, 1.82) is 0 Å². The summed E-state index contributed by atoms with van der Waals surface area (Å²) < 4.78 is 0. The van der Waals surface area contributed by atoms with Gasteiger partial charge in [0.25, 0.3) is 0 Å². The number of benzene rings is 14. The fourth-order valence-electron chi connectivity index (χ4n) is 14.2. The summed E-state index contributed by atoms with van der Waals surface area (Å²) in [7, 11) is 0. The van der Waals surface area contributed by atoms with Gasteiger partial charge in [-0.1, -0.05) is 206 Å². The van der Waals surface area contributed by atoms with Gasteiger partial charge in [-0.15, -0.1) is 0 Å². The van der Waals surface area contributed by atoms with E-state index >= 15 is 0 Å². The molecule has 0 nitrogen and oxygen atoms in total. The van der Waals surface area contributed by atoms with Crippen molar-refractivity contribution in [2.24, 2.45) is 0 Å². The highest BCUT2D eigenvalue weighted by molar-refractivity contribution is 6.48. The maximum Gasteiger partial charge on any atom is -0.000730 e. The molecule has 0 saturated carbocycles. The van der Waals surface area contributed by atoms with E-state index in [0.29, 0.717) is 0 Å². The van der Waals surface area contributed by atoms with Gasteiger partial charge < -0.3 is 0 Å². The number of aryl methyl sites for hydroxylation is 2. The predicted molar refractivity (Wildman–Crippen MR) is 311 cm³/mol. The van der Waals surface area contributed by atoms with Crippen LogP contribution in [-0.2, 0) is 0 Å². The van der Waals surface area contributed by atoms with Crippen molar-refractivity contribution in [1.82, 2.24) is 0 Å². The van der Waals surface area contributed by atoms with Gasteiger partial charge in [-0.25, -0.2) is 0 Å². The Hall–Kier alpha value is -9.10. The van der Waals surface area contributed by atoms with E-state index in [9.17, 15) is 0 Å². The van der Waals surface area contributed by atoms with Gasteiger partial charge in [-0.2, -0.15) is 0 Å². The zero-order chi connectivity index (χ0) is 47.1. The molecule has 0 amide bonds. The molecule has 0 saturated heterocycles. The summed E-state index contributed by atoms with van der Waals surface area (Å²) in [5.74, 6) is 0. The van der Waals surface area contributed by atoms with Crippen LogP contribution in [-0.4, -0.2) is 0 Å². The second kappa shape index (κ2) is 13.8. The van der Waals surface area contributed by atoms with Crippen molar-refractivity contribution in [2.45, 2.75) is 13.8 Å². The second-order valence-corrected chi connectivity index (χ2v) is 20.6. The molecule has 72 heavy (non-hydrogen) atoms. The third-order valence-electron chi connectivity index (χ3n) is 17.1. The maximum atomic E-state index is 2.56. The maximum absolute atomic E-state index is 2.56. The minimum atomic E-state index is 1.24. The molecular formula is C72H42. The van der Waals surface area contributed by atoms with Crippen molar-refractivity contribution < 1.29 is 0 Å². The van der Waals surface area contributed by atoms with Crippen LogP contribution < -0.4 is 0 Å². The highest BCUT2D eigenvalue weighted by atomic mass is 14.3. The summed E-state index contributed by atoms with van der Waals surface area (Å²) in [6.45, 7) is 4.58. The first-order valence-corrected chi connectivity index (χ1v) is 25.4. The zero-order valence-corrected chi connectivity index (χ0v) is 39.8. The average Bonchev–Trinajstić information content (AvgIpc) is 4.07. The minimum absolute atomic E-state index is 1.24. The number of rotatable bonds is 4. The quantitative estimate of drug-likeness (QED) is 0.122. The SMILES string of the molecule is Cc1ccccc1-c1c2cc3c(cc2c(-c2ccccc2C)c2c4ccc5c6ccc7c8c(ccc(c9ccc(c12)c4c95)c86)-c1c(-c2ccccc2)ccc(-c2ccccc2)c1-7)c1cccc2cccc3c21. The van der Waals surface area contributed by atoms with Crippen molar-refractivity contribution >= 4 is 108 Å². The van der Waals surface area contributed by atoms with Gasteiger partial charge in [0, 0.05) is 0 Å².